The molecule has 2 aliphatic rings. The van der Waals surface area contributed by atoms with Crippen molar-refractivity contribution >= 4 is 11.8 Å². The Bertz CT molecular complexity index is 732. The molecule has 3 rings (SSSR count). The predicted molar refractivity (Wildman–Crippen MR) is 125 cm³/mol. The van der Waals surface area contributed by atoms with Gasteiger partial charge >= 0.3 is 0 Å². The van der Waals surface area contributed by atoms with Gasteiger partial charge in [-0.15, -0.1) is 0 Å². The topological polar surface area (TPSA) is 83.6 Å². The minimum Gasteiger partial charge on any atom is -0.379 e. The molecule has 2 amide bonds. The number of ether oxygens (including phenoxy) is 1. The maximum Gasteiger partial charge on any atom is 0.242 e. The monoisotopic (exact) mass is 444 g/mol. The number of nitrogens with zero attached hydrogens (tertiary/aromatic N) is 2. The van der Waals surface area contributed by atoms with E-state index in [2.05, 4.69) is 40.4 Å². The summed E-state index contributed by atoms with van der Waals surface area (Å²) in [6.45, 7) is 9.89. The molecule has 1 aromatic heterocycles. The number of amides is 2. The Morgan fingerprint density at radius 2 is 1.97 bits per heavy atom. The molecule has 0 unspecified atom stereocenters. The number of likely N-dealkylation sites (tertiary alicyclic amines) is 1. The number of nitrogens with one attached hydrogen (secondary N) is 2. The van der Waals surface area contributed by atoms with Gasteiger partial charge in [0.15, 0.2) is 0 Å². The van der Waals surface area contributed by atoms with E-state index in [4.69, 9.17) is 4.74 Å². The number of pyridine rings is 1. The van der Waals surface area contributed by atoms with E-state index in [0.29, 0.717) is 25.6 Å². The van der Waals surface area contributed by atoms with Gasteiger partial charge in [-0.2, -0.15) is 0 Å². The first-order valence-electron chi connectivity index (χ1n) is 12.2. The van der Waals surface area contributed by atoms with Gasteiger partial charge in [0.25, 0.3) is 0 Å². The highest BCUT2D eigenvalue weighted by atomic mass is 16.5. The van der Waals surface area contributed by atoms with Crippen LogP contribution in [0.15, 0.2) is 24.5 Å². The van der Waals surface area contributed by atoms with Crippen molar-refractivity contribution in [1.82, 2.24) is 20.5 Å². The van der Waals surface area contributed by atoms with Crippen molar-refractivity contribution in [2.24, 2.45) is 11.3 Å². The summed E-state index contributed by atoms with van der Waals surface area (Å²) in [5.41, 5.74) is 0.781. The molecule has 2 fully saturated rings. The van der Waals surface area contributed by atoms with Crippen LogP contribution in [0.25, 0.3) is 0 Å². The summed E-state index contributed by atoms with van der Waals surface area (Å²) in [5.74, 6) is 0.254. The van der Waals surface area contributed by atoms with Crippen LogP contribution in [0.5, 0.6) is 0 Å². The van der Waals surface area contributed by atoms with Crippen LogP contribution in [0.4, 0.5) is 0 Å². The molecule has 2 saturated heterocycles. The Hall–Kier alpha value is -1.99. The second-order valence-corrected chi connectivity index (χ2v) is 10.0. The molecule has 1 spiro atoms. The summed E-state index contributed by atoms with van der Waals surface area (Å²) < 4.78 is 5.78. The third-order valence-corrected chi connectivity index (χ3v) is 6.70. The molecule has 2 aliphatic heterocycles. The summed E-state index contributed by atoms with van der Waals surface area (Å²) in [4.78, 5) is 33.2. The first-order valence-corrected chi connectivity index (χ1v) is 12.2. The van der Waals surface area contributed by atoms with Crippen molar-refractivity contribution in [2.45, 2.75) is 77.9 Å². The van der Waals surface area contributed by atoms with Gasteiger partial charge < -0.3 is 15.4 Å². The fraction of sp³-hybridized carbons (Fsp3) is 0.720. The zero-order chi connectivity index (χ0) is 23.0. The molecule has 0 aromatic carbocycles. The van der Waals surface area contributed by atoms with E-state index in [1.807, 2.05) is 19.2 Å². The normalized spacial score (nSPS) is 26.0. The van der Waals surface area contributed by atoms with Gasteiger partial charge in [-0.25, -0.2) is 0 Å². The van der Waals surface area contributed by atoms with Crippen molar-refractivity contribution in [3.05, 3.63) is 30.1 Å². The maximum atomic E-state index is 13.6. The van der Waals surface area contributed by atoms with Gasteiger partial charge in [-0.3, -0.25) is 19.5 Å². The lowest BCUT2D eigenvalue weighted by Gasteiger charge is -2.41. The molecule has 0 aliphatic carbocycles. The van der Waals surface area contributed by atoms with E-state index in [1.165, 1.54) is 5.56 Å². The average Bonchev–Trinajstić information content (AvgIpc) is 2.77. The van der Waals surface area contributed by atoms with Crippen molar-refractivity contribution in [3.63, 3.8) is 0 Å². The van der Waals surface area contributed by atoms with E-state index in [-0.39, 0.29) is 17.9 Å². The Kier molecular flexibility index (Phi) is 9.05. The second-order valence-electron chi connectivity index (χ2n) is 10.0. The smallest absolute Gasteiger partial charge is 0.242 e. The van der Waals surface area contributed by atoms with Crippen LogP contribution in [0.2, 0.25) is 0 Å². The fourth-order valence-electron chi connectivity index (χ4n) is 4.81. The molecular weight excluding hydrogens is 404 g/mol. The van der Waals surface area contributed by atoms with Crippen LogP contribution in [-0.2, 0) is 20.9 Å². The van der Waals surface area contributed by atoms with Gasteiger partial charge in [0, 0.05) is 31.6 Å². The Morgan fingerprint density at radius 3 is 2.66 bits per heavy atom. The summed E-state index contributed by atoms with van der Waals surface area (Å²) in [6.07, 6.45) is 8.69. The van der Waals surface area contributed by atoms with Gasteiger partial charge in [-0.1, -0.05) is 26.3 Å². The molecule has 1 aromatic rings. The van der Waals surface area contributed by atoms with Gasteiger partial charge in [0.1, 0.15) is 6.04 Å². The highest BCUT2D eigenvalue weighted by molar-refractivity contribution is 5.90. The van der Waals surface area contributed by atoms with Crippen LogP contribution in [0.3, 0.4) is 0 Å². The first-order chi connectivity index (χ1) is 15.4. The molecule has 178 valence electrons. The fourth-order valence-corrected chi connectivity index (χ4v) is 4.81. The number of aromatic nitrogens is 1. The van der Waals surface area contributed by atoms with Gasteiger partial charge in [0.05, 0.1) is 12.0 Å². The van der Waals surface area contributed by atoms with Crippen LogP contribution in [0, 0.1) is 11.3 Å². The number of carbonyl (C=O) groups is 2. The zero-order valence-corrected chi connectivity index (χ0v) is 19.9. The predicted octanol–water partition coefficient (Wildman–Crippen LogP) is 2.90. The molecule has 2 N–H and O–H groups in total. The van der Waals surface area contributed by atoms with Crippen molar-refractivity contribution in [2.75, 3.05) is 26.3 Å². The van der Waals surface area contributed by atoms with Crippen molar-refractivity contribution < 1.29 is 14.3 Å². The lowest BCUT2D eigenvalue weighted by molar-refractivity contribution is -0.138. The standard InChI is InChI=1S/C25H40N4O3/c1-19(2)15-22-23(30)27-20(3)18-32-14-5-4-8-25(24(31)28-22)9-12-29(13-10-25)17-21-7-6-11-26-16-21/h6-7,11,16,19-20,22H,4-5,8-10,12-15,17-18H2,1-3H3,(H,27,30)(H,28,31)/t20-,22+/m1/s1. The largest absolute Gasteiger partial charge is 0.379 e. The Labute approximate surface area is 192 Å². The number of hydrogen-bond acceptors (Lipinski definition) is 5. The minimum atomic E-state index is -0.504. The van der Waals surface area contributed by atoms with Gasteiger partial charge in [0.2, 0.25) is 11.8 Å². The lowest BCUT2D eigenvalue weighted by Crippen LogP contribution is -2.55. The molecule has 0 saturated carbocycles. The van der Waals surface area contributed by atoms with Gasteiger partial charge in [-0.05, 0) is 69.7 Å². The maximum absolute atomic E-state index is 13.6. The molecule has 7 heteroatoms. The highest BCUT2D eigenvalue weighted by Gasteiger charge is 2.42. The summed E-state index contributed by atoms with van der Waals surface area (Å²) in [5, 5.41) is 6.19. The quantitative estimate of drug-likeness (QED) is 0.746. The Balaban J connectivity index is 1.71. The van der Waals surface area contributed by atoms with E-state index in [9.17, 15) is 9.59 Å². The number of piperidine rings is 1. The third kappa shape index (κ3) is 7.01. The van der Waals surface area contributed by atoms with E-state index < -0.39 is 11.5 Å². The highest BCUT2D eigenvalue weighted by Crippen LogP contribution is 2.38. The number of rotatable bonds is 4. The molecular formula is C25H40N4O3. The molecule has 0 bridgehead atoms. The molecule has 0 radical (unpaired) electrons. The second kappa shape index (κ2) is 11.8. The molecule has 32 heavy (non-hydrogen) atoms. The zero-order valence-electron chi connectivity index (χ0n) is 19.9. The average molecular weight is 445 g/mol. The van der Waals surface area contributed by atoms with Crippen LogP contribution >= 0.6 is 0 Å². The van der Waals surface area contributed by atoms with Crippen molar-refractivity contribution in [1.29, 1.82) is 0 Å². The Morgan fingerprint density at radius 1 is 1.19 bits per heavy atom. The van der Waals surface area contributed by atoms with Crippen LogP contribution < -0.4 is 10.6 Å². The SMILES string of the molecule is CC(C)C[C@@H]1NC(=O)C2(CCCCOC[C@@H](C)NC1=O)CCN(Cc1cccnc1)CC2. The van der Waals surface area contributed by atoms with E-state index in [1.54, 1.807) is 6.20 Å². The van der Waals surface area contributed by atoms with Crippen LogP contribution in [0.1, 0.15) is 64.9 Å². The summed E-state index contributed by atoms with van der Waals surface area (Å²) in [6, 6.07) is 3.49. The molecule has 2 atom stereocenters. The lowest BCUT2D eigenvalue weighted by atomic mass is 9.73. The minimum absolute atomic E-state index is 0.0483. The van der Waals surface area contributed by atoms with E-state index in [0.717, 1.165) is 51.7 Å². The number of carbonyl (C=O) groups excluding carboxylic acids is 2. The molecule has 7 nitrogen and oxygen atoms in total. The molecule has 3 heterocycles. The van der Waals surface area contributed by atoms with Crippen molar-refractivity contribution in [3.8, 4) is 0 Å². The first kappa shape index (κ1) is 24.6. The number of hydrogen-bond donors (Lipinski definition) is 2. The van der Waals surface area contributed by atoms with E-state index >= 15 is 0 Å². The summed E-state index contributed by atoms with van der Waals surface area (Å²) in [7, 11) is 0. The van der Waals surface area contributed by atoms with Crippen LogP contribution in [-0.4, -0.2) is 60.1 Å². The summed E-state index contributed by atoms with van der Waals surface area (Å²) >= 11 is 0. The third-order valence-electron chi connectivity index (χ3n) is 6.70.